The molecule has 1 aromatic rings. The molecule has 1 aliphatic heterocycles. The lowest BCUT2D eigenvalue weighted by Gasteiger charge is -2.37. The first-order valence-electron chi connectivity index (χ1n) is 7.09. The molecule has 1 atom stereocenters. The highest BCUT2D eigenvalue weighted by molar-refractivity contribution is 5.78. The third kappa shape index (κ3) is 3.77. The summed E-state index contributed by atoms with van der Waals surface area (Å²) in [5.41, 5.74) is 0.910. The van der Waals surface area contributed by atoms with Gasteiger partial charge in [0.25, 0.3) is 0 Å². The van der Waals surface area contributed by atoms with Crippen molar-refractivity contribution in [1.82, 2.24) is 15.5 Å². The molecule has 1 fully saturated rings. The van der Waals surface area contributed by atoms with Gasteiger partial charge in [-0.15, -0.1) is 0 Å². The Labute approximate surface area is 119 Å². The molecule has 1 aliphatic rings. The van der Waals surface area contributed by atoms with E-state index in [-0.39, 0.29) is 17.8 Å². The summed E-state index contributed by atoms with van der Waals surface area (Å²) in [6.07, 6.45) is 0. The molecule has 0 saturated carbocycles. The van der Waals surface area contributed by atoms with E-state index in [1.807, 2.05) is 6.92 Å². The van der Waals surface area contributed by atoms with Gasteiger partial charge in [-0.25, -0.2) is 4.39 Å². The van der Waals surface area contributed by atoms with Crippen LogP contribution in [-0.4, -0.2) is 43.0 Å². The number of carbonyl (C=O) groups excluding carboxylic acids is 1. The summed E-state index contributed by atoms with van der Waals surface area (Å²) < 4.78 is 12.9. The number of benzene rings is 1. The minimum absolute atomic E-state index is 0.00979. The predicted octanol–water partition coefficient (Wildman–Crippen LogP) is 1.30. The lowest BCUT2D eigenvalue weighted by atomic mass is 10.1. The Morgan fingerprint density at radius 3 is 2.60 bits per heavy atom. The zero-order chi connectivity index (χ0) is 14.5. The molecular formula is C15H22FN3O. The molecule has 0 radical (unpaired) electrons. The molecular weight excluding hydrogens is 257 g/mol. The molecule has 2 N–H and O–H groups in total. The number of nitrogens with one attached hydrogen (secondary N) is 2. The van der Waals surface area contributed by atoms with E-state index in [4.69, 9.17) is 0 Å². The first-order valence-corrected chi connectivity index (χ1v) is 7.09. The van der Waals surface area contributed by atoms with Crippen LogP contribution in [0, 0.1) is 5.82 Å². The molecule has 110 valence electrons. The second kappa shape index (κ2) is 6.81. The summed E-state index contributed by atoms with van der Waals surface area (Å²) in [6, 6.07) is 6.59. The maximum Gasteiger partial charge on any atom is 0.234 e. The molecule has 1 saturated heterocycles. The molecule has 20 heavy (non-hydrogen) atoms. The summed E-state index contributed by atoms with van der Waals surface area (Å²) >= 11 is 0. The van der Waals surface area contributed by atoms with Crippen molar-refractivity contribution in [3.8, 4) is 0 Å². The van der Waals surface area contributed by atoms with Gasteiger partial charge >= 0.3 is 0 Å². The van der Waals surface area contributed by atoms with Crippen LogP contribution in [0.2, 0.25) is 0 Å². The first-order chi connectivity index (χ1) is 9.60. The van der Waals surface area contributed by atoms with Crippen LogP contribution in [0.1, 0.15) is 25.5 Å². The number of hydrogen-bond acceptors (Lipinski definition) is 3. The highest BCUT2D eigenvalue weighted by Gasteiger charge is 2.25. The van der Waals surface area contributed by atoms with Crippen LogP contribution in [-0.2, 0) is 4.79 Å². The molecule has 5 heteroatoms. The molecule has 1 heterocycles. The molecule has 0 bridgehead atoms. The summed E-state index contributed by atoms with van der Waals surface area (Å²) in [7, 11) is 0. The fraction of sp³-hybridized carbons (Fsp3) is 0.533. The highest BCUT2D eigenvalue weighted by atomic mass is 19.1. The molecule has 2 rings (SSSR count). The van der Waals surface area contributed by atoms with Crippen molar-refractivity contribution in [2.75, 3.05) is 26.2 Å². The van der Waals surface area contributed by atoms with Crippen molar-refractivity contribution in [1.29, 1.82) is 0 Å². The number of carbonyl (C=O) groups is 1. The zero-order valence-electron chi connectivity index (χ0n) is 12.0. The van der Waals surface area contributed by atoms with E-state index >= 15 is 0 Å². The SMILES string of the molecule is CCN(CC(=O)NC(C)c1ccc(F)cc1)C1CNC1. The van der Waals surface area contributed by atoms with Gasteiger partial charge in [0.15, 0.2) is 0 Å². The molecule has 0 aliphatic carbocycles. The summed E-state index contributed by atoms with van der Waals surface area (Å²) in [5.74, 6) is -0.252. The third-order valence-electron chi connectivity index (χ3n) is 3.78. The fourth-order valence-corrected chi connectivity index (χ4v) is 2.34. The van der Waals surface area contributed by atoms with E-state index < -0.39 is 0 Å². The van der Waals surface area contributed by atoms with Crippen molar-refractivity contribution >= 4 is 5.91 Å². The number of likely N-dealkylation sites (N-methyl/N-ethyl adjacent to an activating group) is 1. The van der Waals surface area contributed by atoms with Gasteiger partial charge < -0.3 is 10.6 Å². The minimum Gasteiger partial charge on any atom is -0.348 e. The standard InChI is InChI=1S/C15H22FN3O/c1-3-19(14-8-17-9-14)10-15(20)18-11(2)12-4-6-13(16)7-5-12/h4-7,11,14,17H,3,8-10H2,1-2H3,(H,18,20). The molecule has 1 aromatic carbocycles. The zero-order valence-corrected chi connectivity index (χ0v) is 12.0. The Morgan fingerprint density at radius 1 is 1.45 bits per heavy atom. The maximum absolute atomic E-state index is 12.9. The number of nitrogens with zero attached hydrogens (tertiary/aromatic N) is 1. The minimum atomic E-state index is -0.262. The Hall–Kier alpha value is -1.46. The van der Waals surface area contributed by atoms with E-state index in [9.17, 15) is 9.18 Å². The average molecular weight is 279 g/mol. The van der Waals surface area contributed by atoms with E-state index in [0.717, 1.165) is 25.2 Å². The van der Waals surface area contributed by atoms with E-state index in [1.165, 1.54) is 12.1 Å². The average Bonchev–Trinajstić information content (AvgIpc) is 2.36. The van der Waals surface area contributed by atoms with Gasteiger partial charge in [-0.2, -0.15) is 0 Å². The van der Waals surface area contributed by atoms with Crippen molar-refractivity contribution < 1.29 is 9.18 Å². The maximum atomic E-state index is 12.9. The Bertz CT molecular complexity index is 445. The summed E-state index contributed by atoms with van der Waals surface area (Å²) in [4.78, 5) is 14.2. The van der Waals surface area contributed by atoms with Gasteiger partial charge in [0.1, 0.15) is 5.82 Å². The van der Waals surface area contributed by atoms with Gasteiger partial charge in [-0.3, -0.25) is 9.69 Å². The topological polar surface area (TPSA) is 44.4 Å². The second-order valence-corrected chi connectivity index (χ2v) is 5.22. The van der Waals surface area contributed by atoms with Gasteiger partial charge in [0.05, 0.1) is 12.6 Å². The molecule has 0 aromatic heterocycles. The van der Waals surface area contributed by atoms with Crippen LogP contribution in [0.4, 0.5) is 4.39 Å². The quantitative estimate of drug-likeness (QED) is 0.825. The second-order valence-electron chi connectivity index (χ2n) is 5.22. The number of hydrogen-bond donors (Lipinski definition) is 2. The first kappa shape index (κ1) is 14.9. The van der Waals surface area contributed by atoms with Crippen LogP contribution >= 0.6 is 0 Å². The predicted molar refractivity (Wildman–Crippen MR) is 76.9 cm³/mol. The monoisotopic (exact) mass is 279 g/mol. The van der Waals surface area contributed by atoms with Crippen molar-refractivity contribution in [3.63, 3.8) is 0 Å². The van der Waals surface area contributed by atoms with Gasteiger partial charge in [-0.05, 0) is 31.2 Å². The normalized spacial score (nSPS) is 16.8. The Balaban J connectivity index is 1.85. The van der Waals surface area contributed by atoms with Crippen LogP contribution in [0.3, 0.4) is 0 Å². The smallest absolute Gasteiger partial charge is 0.234 e. The molecule has 0 spiro atoms. The number of amides is 1. The van der Waals surface area contributed by atoms with Crippen LogP contribution < -0.4 is 10.6 Å². The third-order valence-corrected chi connectivity index (χ3v) is 3.78. The van der Waals surface area contributed by atoms with Crippen LogP contribution in [0.25, 0.3) is 0 Å². The Kier molecular flexibility index (Phi) is 5.09. The van der Waals surface area contributed by atoms with E-state index in [1.54, 1.807) is 12.1 Å². The van der Waals surface area contributed by atoms with Crippen molar-refractivity contribution in [2.24, 2.45) is 0 Å². The Morgan fingerprint density at radius 2 is 2.10 bits per heavy atom. The number of halogens is 1. The van der Waals surface area contributed by atoms with Crippen LogP contribution in [0.15, 0.2) is 24.3 Å². The largest absolute Gasteiger partial charge is 0.348 e. The van der Waals surface area contributed by atoms with E-state index in [2.05, 4.69) is 22.5 Å². The van der Waals surface area contributed by atoms with Gasteiger partial charge in [-0.1, -0.05) is 19.1 Å². The molecule has 1 unspecified atom stereocenters. The van der Waals surface area contributed by atoms with E-state index in [0.29, 0.717) is 12.6 Å². The lowest BCUT2D eigenvalue weighted by molar-refractivity contribution is -0.123. The van der Waals surface area contributed by atoms with Crippen LogP contribution in [0.5, 0.6) is 0 Å². The highest BCUT2D eigenvalue weighted by Crippen LogP contribution is 2.13. The van der Waals surface area contributed by atoms with Gasteiger partial charge in [0.2, 0.25) is 5.91 Å². The molecule has 4 nitrogen and oxygen atoms in total. The fourth-order valence-electron chi connectivity index (χ4n) is 2.34. The molecule has 1 amide bonds. The van der Waals surface area contributed by atoms with Gasteiger partial charge in [0, 0.05) is 19.1 Å². The van der Waals surface area contributed by atoms with Crippen molar-refractivity contribution in [3.05, 3.63) is 35.6 Å². The van der Waals surface area contributed by atoms with Crippen molar-refractivity contribution in [2.45, 2.75) is 25.9 Å². The number of rotatable bonds is 6. The summed E-state index contributed by atoms with van der Waals surface area (Å²) in [5, 5.41) is 6.17. The lowest BCUT2D eigenvalue weighted by Crippen LogP contribution is -2.58. The summed E-state index contributed by atoms with van der Waals surface area (Å²) in [6.45, 7) is 7.16.